The summed E-state index contributed by atoms with van der Waals surface area (Å²) in [4.78, 5) is 25.8. The van der Waals surface area contributed by atoms with Crippen LogP contribution in [0.3, 0.4) is 0 Å². The fraction of sp³-hybridized carbons (Fsp3) is 0.167. The van der Waals surface area contributed by atoms with Crippen LogP contribution >= 0.6 is 0 Å². The van der Waals surface area contributed by atoms with E-state index in [9.17, 15) is 9.59 Å². The number of likely N-dealkylation sites (N-methyl/N-ethyl adjacent to an activating group) is 1. The summed E-state index contributed by atoms with van der Waals surface area (Å²) in [5.41, 5.74) is 2.79. The van der Waals surface area contributed by atoms with E-state index in [1.807, 2.05) is 54.6 Å². The molecule has 3 aromatic carbocycles. The van der Waals surface area contributed by atoms with Crippen molar-refractivity contribution < 1.29 is 19.1 Å². The van der Waals surface area contributed by atoms with E-state index in [1.54, 1.807) is 38.4 Å². The third-order valence-electron chi connectivity index (χ3n) is 4.48. The molecule has 0 spiro atoms. The van der Waals surface area contributed by atoms with Gasteiger partial charge in [-0.3, -0.25) is 9.59 Å². The molecule has 154 valence electrons. The van der Waals surface area contributed by atoms with Crippen LogP contribution in [0.15, 0.2) is 78.9 Å². The number of ether oxygens (including phenoxy) is 2. The van der Waals surface area contributed by atoms with Crippen molar-refractivity contribution in [2.45, 2.75) is 0 Å². The molecule has 0 fully saturated rings. The van der Waals surface area contributed by atoms with E-state index in [4.69, 9.17) is 9.47 Å². The molecule has 6 nitrogen and oxygen atoms in total. The molecule has 0 unspecified atom stereocenters. The van der Waals surface area contributed by atoms with Crippen molar-refractivity contribution >= 4 is 17.5 Å². The Morgan fingerprint density at radius 2 is 1.57 bits per heavy atom. The predicted molar refractivity (Wildman–Crippen MR) is 117 cm³/mol. The summed E-state index contributed by atoms with van der Waals surface area (Å²) < 4.78 is 10.7. The molecular formula is C24H24N2O4. The van der Waals surface area contributed by atoms with Gasteiger partial charge in [-0.1, -0.05) is 48.5 Å². The minimum absolute atomic E-state index is 0.0770. The average molecular weight is 404 g/mol. The smallest absolute Gasteiger partial charge is 0.260 e. The first-order chi connectivity index (χ1) is 14.5. The van der Waals surface area contributed by atoms with Crippen LogP contribution in [0.25, 0.3) is 11.1 Å². The second-order valence-corrected chi connectivity index (χ2v) is 6.71. The third-order valence-corrected chi connectivity index (χ3v) is 4.48. The first-order valence-electron chi connectivity index (χ1n) is 9.51. The Bertz CT molecular complexity index is 988. The second-order valence-electron chi connectivity index (χ2n) is 6.71. The number of nitrogens with one attached hydrogen (secondary N) is 1. The highest BCUT2D eigenvalue weighted by molar-refractivity contribution is 5.94. The number of benzene rings is 3. The molecule has 0 aliphatic heterocycles. The Labute approximate surface area is 176 Å². The molecule has 1 N–H and O–H groups in total. The second kappa shape index (κ2) is 10.1. The van der Waals surface area contributed by atoms with Crippen molar-refractivity contribution in [3.05, 3.63) is 78.9 Å². The van der Waals surface area contributed by atoms with E-state index in [-0.39, 0.29) is 25.0 Å². The zero-order valence-electron chi connectivity index (χ0n) is 17.0. The van der Waals surface area contributed by atoms with Crippen molar-refractivity contribution in [3.8, 4) is 22.6 Å². The molecule has 0 heterocycles. The lowest BCUT2D eigenvalue weighted by Crippen LogP contribution is -2.37. The molecule has 0 saturated carbocycles. The molecule has 3 aromatic rings. The average Bonchev–Trinajstić information content (AvgIpc) is 2.78. The molecule has 0 aliphatic carbocycles. The summed E-state index contributed by atoms with van der Waals surface area (Å²) in [6.07, 6.45) is 0. The van der Waals surface area contributed by atoms with E-state index in [1.165, 1.54) is 4.90 Å². The number of rotatable bonds is 8. The molecule has 0 bridgehead atoms. The number of amides is 2. The molecule has 6 heteroatoms. The number of carbonyl (C=O) groups is 2. The molecular weight excluding hydrogens is 380 g/mol. The molecule has 0 aliphatic rings. The number of anilines is 1. The lowest BCUT2D eigenvalue weighted by Gasteiger charge is -2.17. The summed E-state index contributed by atoms with van der Waals surface area (Å²) in [7, 11) is 3.12. The monoisotopic (exact) mass is 404 g/mol. The molecule has 0 radical (unpaired) electrons. The first-order valence-corrected chi connectivity index (χ1v) is 9.51. The lowest BCUT2D eigenvalue weighted by molar-refractivity contribution is -0.135. The van der Waals surface area contributed by atoms with Gasteiger partial charge in [-0.15, -0.1) is 0 Å². The van der Waals surface area contributed by atoms with Gasteiger partial charge in [0.1, 0.15) is 11.5 Å². The van der Waals surface area contributed by atoms with Crippen molar-refractivity contribution in [2.75, 3.05) is 32.6 Å². The Kier molecular flexibility index (Phi) is 7.05. The normalized spacial score (nSPS) is 10.2. The number of carbonyl (C=O) groups excluding carboxylic acids is 2. The van der Waals surface area contributed by atoms with Gasteiger partial charge in [-0.05, 0) is 35.4 Å². The van der Waals surface area contributed by atoms with Crippen LogP contribution in [0, 0.1) is 0 Å². The highest BCUT2D eigenvalue weighted by Crippen LogP contribution is 2.22. The summed E-state index contributed by atoms with van der Waals surface area (Å²) in [6, 6.07) is 24.6. The SMILES string of the molecule is COc1cccc(NC(=O)CN(C)C(=O)COc2ccc(-c3ccccc3)cc2)c1. The minimum Gasteiger partial charge on any atom is -0.497 e. The van der Waals surface area contributed by atoms with Gasteiger partial charge < -0.3 is 19.7 Å². The van der Waals surface area contributed by atoms with Gasteiger partial charge in [-0.25, -0.2) is 0 Å². The van der Waals surface area contributed by atoms with Crippen LogP contribution in [-0.2, 0) is 9.59 Å². The largest absolute Gasteiger partial charge is 0.497 e. The van der Waals surface area contributed by atoms with Crippen LogP contribution in [0.2, 0.25) is 0 Å². The van der Waals surface area contributed by atoms with Crippen molar-refractivity contribution in [1.29, 1.82) is 0 Å². The molecule has 0 atom stereocenters. The Morgan fingerprint density at radius 3 is 2.27 bits per heavy atom. The topological polar surface area (TPSA) is 67.9 Å². The van der Waals surface area contributed by atoms with Crippen molar-refractivity contribution in [1.82, 2.24) is 4.90 Å². The number of hydrogen-bond acceptors (Lipinski definition) is 4. The van der Waals surface area contributed by atoms with Crippen LogP contribution in [0.1, 0.15) is 0 Å². The minimum atomic E-state index is -0.300. The summed E-state index contributed by atoms with van der Waals surface area (Å²) in [5.74, 6) is 0.649. The van der Waals surface area contributed by atoms with Crippen LogP contribution in [0.5, 0.6) is 11.5 Å². The maximum atomic E-state index is 12.3. The fourth-order valence-electron chi connectivity index (χ4n) is 2.83. The molecule has 2 amide bonds. The van der Waals surface area contributed by atoms with E-state index in [0.717, 1.165) is 11.1 Å². The van der Waals surface area contributed by atoms with Gasteiger partial charge in [0.25, 0.3) is 5.91 Å². The number of nitrogens with zero attached hydrogens (tertiary/aromatic N) is 1. The van der Waals surface area contributed by atoms with Gasteiger partial charge in [-0.2, -0.15) is 0 Å². The van der Waals surface area contributed by atoms with Crippen LogP contribution < -0.4 is 14.8 Å². The van der Waals surface area contributed by atoms with E-state index >= 15 is 0 Å². The zero-order chi connectivity index (χ0) is 21.3. The Hall–Kier alpha value is -3.80. The fourth-order valence-corrected chi connectivity index (χ4v) is 2.83. The van der Waals surface area contributed by atoms with Crippen LogP contribution in [-0.4, -0.2) is 44.0 Å². The molecule has 0 saturated heterocycles. The maximum absolute atomic E-state index is 12.3. The van der Waals surface area contributed by atoms with Crippen LogP contribution in [0.4, 0.5) is 5.69 Å². The summed E-state index contributed by atoms with van der Waals surface area (Å²) in [6.45, 7) is -0.222. The third kappa shape index (κ3) is 5.85. The number of methoxy groups -OCH3 is 1. The summed E-state index contributed by atoms with van der Waals surface area (Å²) in [5, 5.41) is 2.74. The summed E-state index contributed by atoms with van der Waals surface area (Å²) >= 11 is 0. The predicted octanol–water partition coefficient (Wildman–Crippen LogP) is 3.84. The molecule has 3 rings (SSSR count). The highest BCUT2D eigenvalue weighted by atomic mass is 16.5. The van der Waals surface area contributed by atoms with Crippen molar-refractivity contribution in [2.24, 2.45) is 0 Å². The lowest BCUT2D eigenvalue weighted by atomic mass is 10.1. The molecule has 0 aromatic heterocycles. The van der Waals surface area contributed by atoms with E-state index in [2.05, 4.69) is 5.32 Å². The Morgan fingerprint density at radius 1 is 0.867 bits per heavy atom. The van der Waals surface area contributed by atoms with Gasteiger partial charge in [0.05, 0.1) is 13.7 Å². The van der Waals surface area contributed by atoms with Gasteiger partial charge in [0, 0.05) is 18.8 Å². The van der Waals surface area contributed by atoms with Gasteiger partial charge in [0.2, 0.25) is 5.91 Å². The molecule has 30 heavy (non-hydrogen) atoms. The quantitative estimate of drug-likeness (QED) is 0.619. The number of hydrogen-bond donors (Lipinski definition) is 1. The highest BCUT2D eigenvalue weighted by Gasteiger charge is 2.14. The Balaban J connectivity index is 1.47. The zero-order valence-corrected chi connectivity index (χ0v) is 17.0. The van der Waals surface area contributed by atoms with Gasteiger partial charge in [0.15, 0.2) is 6.61 Å². The van der Waals surface area contributed by atoms with Crippen molar-refractivity contribution in [3.63, 3.8) is 0 Å². The van der Waals surface area contributed by atoms with E-state index < -0.39 is 0 Å². The first kappa shape index (κ1) is 20.9. The van der Waals surface area contributed by atoms with Gasteiger partial charge >= 0.3 is 0 Å². The maximum Gasteiger partial charge on any atom is 0.260 e. The van der Waals surface area contributed by atoms with E-state index in [0.29, 0.717) is 17.2 Å². The standard InChI is InChI=1S/C24H24N2O4/c1-26(16-23(27)25-20-9-6-10-22(15-20)29-2)24(28)17-30-21-13-11-19(12-14-21)18-7-4-3-5-8-18/h3-15H,16-17H2,1-2H3,(H,25,27).